The van der Waals surface area contributed by atoms with E-state index in [9.17, 15) is 0 Å². The first-order chi connectivity index (χ1) is 23.0. The Morgan fingerprint density at radius 2 is 0.833 bits per heavy atom. The number of fused-ring (bicyclic) bond motifs is 9. The highest BCUT2D eigenvalue weighted by Gasteiger charge is 2.51. The van der Waals surface area contributed by atoms with Crippen LogP contribution in [0.5, 0.6) is 11.5 Å². The van der Waals surface area contributed by atoms with Gasteiger partial charge in [0.2, 0.25) is 0 Å². The summed E-state index contributed by atoms with van der Waals surface area (Å²) in [5.74, 6) is 1.18. The van der Waals surface area contributed by atoms with Crippen molar-refractivity contribution in [2.24, 2.45) is 0 Å². The number of ether oxygens (including phenoxy) is 1. The number of halogens is 1. The lowest BCUT2D eigenvalue weighted by Gasteiger charge is -2.40. The van der Waals surface area contributed by atoms with Crippen LogP contribution < -0.4 is 53.9 Å². The fourth-order valence-corrected chi connectivity index (χ4v) is 7.83. The van der Waals surface area contributed by atoms with Crippen molar-refractivity contribution in [1.82, 2.24) is 0 Å². The molecule has 6 aromatic carbocycles. The lowest BCUT2D eigenvalue weighted by molar-refractivity contribution is 0.438. The van der Waals surface area contributed by atoms with Crippen molar-refractivity contribution in [3.05, 3.63) is 112 Å². The van der Waals surface area contributed by atoms with Crippen molar-refractivity contribution in [1.29, 1.82) is 0 Å². The number of para-hydroxylation sites is 1. The van der Waals surface area contributed by atoms with Crippen LogP contribution in [0, 0.1) is 0 Å². The molecule has 1 aliphatic carbocycles. The smallest absolute Gasteiger partial charge is 0.140 e. The molecule has 6 aromatic rings. The summed E-state index contributed by atoms with van der Waals surface area (Å²) in [4.78, 5) is 0. The van der Waals surface area contributed by atoms with Crippen LogP contribution >= 0.6 is 11.6 Å². The second-order valence-electron chi connectivity index (χ2n) is 12.1. The second-order valence-corrected chi connectivity index (χ2v) is 12.6. The summed E-state index contributed by atoms with van der Waals surface area (Å²) >= 11 is 7.00. The van der Waals surface area contributed by atoms with Gasteiger partial charge in [0.25, 0.3) is 0 Å². The largest absolute Gasteiger partial charge is 0.456 e. The Hall–Kier alpha value is -4.01. The molecule has 48 heavy (non-hydrogen) atoms. The SMILES string of the molecule is [B]c1c([B])c([B])c(-c2c([B])c([B])c(-c3cc(Cl)cc4c3Oc3ccccc3C43c4ccccc4-c4ccccc43)c([B])c2[B])c([B])c1[B]. The molecule has 0 amide bonds. The first kappa shape index (κ1) is 31.3. The van der Waals surface area contributed by atoms with Gasteiger partial charge in [-0.25, -0.2) is 0 Å². The third-order valence-electron chi connectivity index (χ3n) is 9.79. The van der Waals surface area contributed by atoms with Gasteiger partial charge in [0.15, 0.2) is 0 Å². The Labute approximate surface area is 297 Å². The van der Waals surface area contributed by atoms with Gasteiger partial charge in [0.1, 0.15) is 82.1 Å². The van der Waals surface area contributed by atoms with Gasteiger partial charge >= 0.3 is 0 Å². The van der Waals surface area contributed by atoms with E-state index in [1.54, 1.807) is 6.07 Å². The molecule has 2 aliphatic rings. The molecule has 0 unspecified atom stereocenters. The Morgan fingerprint density at radius 1 is 0.417 bits per heavy atom. The normalized spacial score (nSPS) is 13.4. The van der Waals surface area contributed by atoms with Gasteiger partial charge in [0.05, 0.1) is 5.41 Å². The maximum absolute atomic E-state index is 7.00. The van der Waals surface area contributed by atoms with Crippen molar-refractivity contribution < 1.29 is 4.74 Å². The van der Waals surface area contributed by atoms with Crippen molar-refractivity contribution in [2.75, 3.05) is 0 Å². The molecular weight excluding hydrogens is 593 g/mol. The van der Waals surface area contributed by atoms with Crippen LogP contribution in [0.1, 0.15) is 22.3 Å². The molecule has 8 rings (SSSR count). The van der Waals surface area contributed by atoms with Gasteiger partial charge in [-0.2, -0.15) is 0 Å². The zero-order chi connectivity index (χ0) is 33.8. The van der Waals surface area contributed by atoms with Crippen molar-refractivity contribution >= 4 is 131 Å². The average Bonchev–Trinajstić information content (AvgIpc) is 3.38. The topological polar surface area (TPSA) is 9.23 Å². The Balaban J connectivity index is 1.47. The van der Waals surface area contributed by atoms with Gasteiger partial charge in [-0.3, -0.25) is 0 Å². The predicted octanol–water partition coefficient (Wildman–Crippen LogP) is -0.713. The maximum Gasteiger partial charge on any atom is 0.140 e. The summed E-state index contributed by atoms with van der Waals surface area (Å²) in [5, 5.41) is 0.431. The molecule has 0 fully saturated rings. The van der Waals surface area contributed by atoms with Crippen molar-refractivity contribution in [2.45, 2.75) is 5.41 Å². The quantitative estimate of drug-likeness (QED) is 0.236. The number of hydrogen-bond acceptors (Lipinski definition) is 1. The minimum Gasteiger partial charge on any atom is -0.456 e. The summed E-state index contributed by atoms with van der Waals surface area (Å²) in [6.45, 7) is 0. The Bertz CT molecular complexity index is 2300. The van der Waals surface area contributed by atoms with E-state index in [0.29, 0.717) is 27.6 Å². The molecule has 18 radical (unpaired) electrons. The second kappa shape index (κ2) is 11.0. The predicted molar refractivity (Wildman–Crippen MR) is 208 cm³/mol. The van der Waals surface area contributed by atoms with Crippen LogP contribution in [0.4, 0.5) is 0 Å². The fraction of sp³-hybridized carbons (Fsp3) is 0.0270. The lowest BCUT2D eigenvalue weighted by atomic mass is 9.56. The molecule has 202 valence electrons. The van der Waals surface area contributed by atoms with E-state index in [0.717, 1.165) is 33.4 Å². The first-order valence-electron chi connectivity index (χ1n) is 15.1. The molecule has 11 heteroatoms. The van der Waals surface area contributed by atoms with E-state index in [1.165, 1.54) is 0 Å². The van der Waals surface area contributed by atoms with Crippen LogP contribution in [-0.4, -0.2) is 70.6 Å². The van der Waals surface area contributed by atoms with Gasteiger partial charge in [-0.15, -0.1) is 16.4 Å². The fourth-order valence-electron chi connectivity index (χ4n) is 7.61. The molecule has 1 nitrogen and oxygen atoms in total. The molecule has 0 atom stereocenters. The van der Waals surface area contributed by atoms with Crippen LogP contribution in [-0.2, 0) is 5.41 Å². The highest BCUT2D eigenvalue weighted by Crippen LogP contribution is 2.63. The maximum atomic E-state index is 7.00. The van der Waals surface area contributed by atoms with E-state index < -0.39 is 5.41 Å². The molecule has 1 aliphatic heterocycles. The third-order valence-corrected chi connectivity index (χ3v) is 10.0. The number of benzene rings is 6. The highest BCUT2D eigenvalue weighted by molar-refractivity contribution is 6.70. The molecule has 0 saturated carbocycles. The Morgan fingerprint density at radius 3 is 1.38 bits per heavy atom. The summed E-state index contributed by atoms with van der Waals surface area (Å²) in [7, 11) is 58.5. The van der Waals surface area contributed by atoms with Crippen molar-refractivity contribution in [3.63, 3.8) is 0 Å². The van der Waals surface area contributed by atoms with Crippen LogP contribution in [0.3, 0.4) is 0 Å². The van der Waals surface area contributed by atoms with Crippen LogP contribution in [0.25, 0.3) is 33.4 Å². The third kappa shape index (κ3) is 3.99. The van der Waals surface area contributed by atoms with E-state index in [1.807, 2.05) is 48.5 Å². The molecule has 1 heterocycles. The van der Waals surface area contributed by atoms with E-state index >= 15 is 0 Å². The highest BCUT2D eigenvalue weighted by atomic mass is 35.5. The van der Waals surface area contributed by atoms with E-state index in [2.05, 4.69) is 30.3 Å². The number of hydrogen-bond donors (Lipinski definition) is 0. The Kier molecular flexibility index (Phi) is 7.17. The zero-order valence-electron chi connectivity index (χ0n) is 25.6. The zero-order valence-corrected chi connectivity index (χ0v) is 26.3. The molecular formula is C37H14B9ClO. The van der Waals surface area contributed by atoms with Gasteiger partial charge < -0.3 is 4.74 Å². The molecule has 0 saturated heterocycles. The van der Waals surface area contributed by atoms with Gasteiger partial charge in [-0.05, 0) is 57.1 Å². The monoisotopic (exact) mass is 608 g/mol. The summed E-state index contributed by atoms with van der Waals surface area (Å²) in [6.07, 6.45) is 0. The molecule has 0 aromatic heterocycles. The minimum atomic E-state index is -0.778. The standard InChI is InChI=1S/C37H14B9ClO/c38-27-24(28(39)30(41)25(29(27)40)26-31(42)33(44)35(46)34(45)32(26)43)18-13-15(47)14-22-36(18)48-23-12-6-5-11-21(23)37(22)19-9-3-1-7-16(19)17-8-2-4-10-20(17)37/h1-14H. The number of rotatable bonds is 2. The first-order valence-corrected chi connectivity index (χ1v) is 15.5. The van der Waals surface area contributed by atoms with E-state index in [-0.39, 0.29) is 60.3 Å². The molecule has 0 N–H and O–H groups in total. The van der Waals surface area contributed by atoms with Crippen LogP contribution in [0.15, 0.2) is 84.9 Å². The minimum absolute atomic E-state index is 0.0371. The molecule has 1 spiro atoms. The van der Waals surface area contributed by atoms with Crippen LogP contribution in [0.2, 0.25) is 5.02 Å². The summed E-state index contributed by atoms with van der Waals surface area (Å²) in [6, 6.07) is 28.4. The van der Waals surface area contributed by atoms with Crippen molar-refractivity contribution in [3.8, 4) is 44.9 Å². The lowest BCUT2D eigenvalue weighted by Crippen LogP contribution is -2.57. The molecule has 0 bridgehead atoms. The summed E-state index contributed by atoms with van der Waals surface area (Å²) < 4.78 is 6.78. The van der Waals surface area contributed by atoms with Gasteiger partial charge in [-0.1, -0.05) is 111 Å². The van der Waals surface area contributed by atoms with Gasteiger partial charge in [0, 0.05) is 21.7 Å². The average molecular weight is 607 g/mol. The van der Waals surface area contributed by atoms with E-state index in [4.69, 9.17) is 87.0 Å². The summed E-state index contributed by atoms with van der Waals surface area (Å²) in [5.41, 5.74) is 7.23.